The fourth-order valence-electron chi connectivity index (χ4n) is 2.17. The van der Waals surface area contributed by atoms with Crippen molar-refractivity contribution in [2.24, 2.45) is 0 Å². The molecule has 0 aliphatic carbocycles. The first-order valence-corrected chi connectivity index (χ1v) is 6.59. The third-order valence-corrected chi connectivity index (χ3v) is 3.34. The van der Waals surface area contributed by atoms with Crippen LogP contribution in [0, 0.1) is 0 Å². The van der Waals surface area contributed by atoms with Crippen LogP contribution in [0.4, 0.5) is 0 Å². The Bertz CT molecular complexity index is 398. The van der Waals surface area contributed by atoms with Gasteiger partial charge in [0.05, 0.1) is 13.2 Å². The Morgan fingerprint density at radius 2 is 1.85 bits per heavy atom. The minimum atomic E-state index is -1.28. The van der Waals surface area contributed by atoms with Crippen molar-refractivity contribution in [1.82, 2.24) is 0 Å². The Hall–Kier alpha value is -1.02. The van der Waals surface area contributed by atoms with E-state index < -0.39 is 37.3 Å². The lowest BCUT2D eigenvalue weighted by Gasteiger charge is -2.18. The van der Waals surface area contributed by atoms with Gasteiger partial charge >= 0.3 is 0 Å². The number of hydrogen-bond acceptors (Lipinski definition) is 6. The molecule has 1 saturated heterocycles. The standard InChI is InChI=1S/C14H20O6/c15-8-10(16)13-11(17)12(18)14(20-13)19-7-6-9-4-2-1-3-5-9/h1-5,10-18H,6-8H2/t10-,11-,12-,13+,14+/m1/s1. The van der Waals surface area contributed by atoms with Crippen molar-refractivity contribution in [2.75, 3.05) is 13.2 Å². The van der Waals surface area contributed by atoms with Crippen LogP contribution >= 0.6 is 0 Å². The number of hydrogen-bond donors (Lipinski definition) is 4. The molecule has 20 heavy (non-hydrogen) atoms. The molecular weight excluding hydrogens is 264 g/mol. The zero-order valence-corrected chi connectivity index (χ0v) is 11.0. The summed E-state index contributed by atoms with van der Waals surface area (Å²) in [5.41, 5.74) is 1.09. The van der Waals surface area contributed by atoms with E-state index >= 15 is 0 Å². The fraction of sp³-hybridized carbons (Fsp3) is 0.571. The normalized spacial score (nSPS) is 31.4. The van der Waals surface area contributed by atoms with Crippen molar-refractivity contribution >= 4 is 0 Å². The van der Waals surface area contributed by atoms with E-state index in [0.717, 1.165) is 5.56 Å². The molecule has 1 aromatic carbocycles. The van der Waals surface area contributed by atoms with E-state index in [0.29, 0.717) is 13.0 Å². The zero-order chi connectivity index (χ0) is 14.5. The van der Waals surface area contributed by atoms with E-state index in [9.17, 15) is 15.3 Å². The second kappa shape index (κ2) is 7.12. The van der Waals surface area contributed by atoms with Crippen molar-refractivity contribution < 1.29 is 29.9 Å². The highest BCUT2D eigenvalue weighted by molar-refractivity contribution is 5.14. The topological polar surface area (TPSA) is 99.4 Å². The maximum Gasteiger partial charge on any atom is 0.186 e. The van der Waals surface area contributed by atoms with E-state index in [1.807, 2.05) is 30.3 Å². The molecule has 5 atom stereocenters. The number of aliphatic hydroxyl groups is 4. The summed E-state index contributed by atoms with van der Waals surface area (Å²) >= 11 is 0. The minimum absolute atomic E-state index is 0.320. The molecule has 1 fully saturated rings. The molecule has 0 saturated carbocycles. The van der Waals surface area contributed by atoms with Gasteiger partial charge in [0.25, 0.3) is 0 Å². The van der Waals surface area contributed by atoms with Crippen molar-refractivity contribution in [3.63, 3.8) is 0 Å². The van der Waals surface area contributed by atoms with Crippen LogP contribution in [-0.2, 0) is 15.9 Å². The molecule has 0 unspecified atom stereocenters. The molecular formula is C14H20O6. The first-order valence-electron chi connectivity index (χ1n) is 6.59. The summed E-state index contributed by atoms with van der Waals surface area (Å²) in [6.45, 7) is -0.231. The van der Waals surface area contributed by atoms with Gasteiger partial charge in [0.15, 0.2) is 6.29 Å². The van der Waals surface area contributed by atoms with Gasteiger partial charge in [0, 0.05) is 0 Å². The van der Waals surface area contributed by atoms with Crippen molar-refractivity contribution in [3.8, 4) is 0 Å². The quantitative estimate of drug-likeness (QED) is 0.537. The summed E-state index contributed by atoms with van der Waals surface area (Å²) < 4.78 is 10.6. The van der Waals surface area contributed by atoms with Gasteiger partial charge in [-0.25, -0.2) is 0 Å². The van der Waals surface area contributed by atoms with Crippen LogP contribution < -0.4 is 0 Å². The monoisotopic (exact) mass is 284 g/mol. The van der Waals surface area contributed by atoms with E-state index in [2.05, 4.69) is 0 Å². The van der Waals surface area contributed by atoms with Crippen LogP contribution in [0.5, 0.6) is 0 Å². The maximum atomic E-state index is 9.78. The number of rotatable bonds is 6. The van der Waals surface area contributed by atoms with Crippen LogP contribution in [0.15, 0.2) is 30.3 Å². The minimum Gasteiger partial charge on any atom is -0.394 e. The fourth-order valence-corrected chi connectivity index (χ4v) is 2.17. The van der Waals surface area contributed by atoms with Crippen molar-refractivity contribution in [3.05, 3.63) is 35.9 Å². The molecule has 2 rings (SSSR count). The SMILES string of the molecule is OC[C@@H](O)[C@@H]1O[C@H](OCCc2ccccc2)[C@H](O)[C@H]1O. The molecule has 0 aromatic heterocycles. The third-order valence-electron chi connectivity index (χ3n) is 3.34. The Balaban J connectivity index is 1.81. The number of ether oxygens (including phenoxy) is 2. The predicted molar refractivity (Wildman–Crippen MR) is 69.9 cm³/mol. The molecule has 0 radical (unpaired) electrons. The summed E-state index contributed by atoms with van der Waals surface area (Å²) in [5.74, 6) is 0. The highest BCUT2D eigenvalue weighted by Crippen LogP contribution is 2.24. The Kier molecular flexibility index (Phi) is 5.47. The molecule has 4 N–H and O–H groups in total. The van der Waals surface area contributed by atoms with E-state index in [-0.39, 0.29) is 0 Å². The average molecular weight is 284 g/mol. The molecule has 0 bridgehead atoms. The van der Waals surface area contributed by atoms with Gasteiger partial charge < -0.3 is 29.9 Å². The van der Waals surface area contributed by atoms with Crippen LogP contribution in [0.1, 0.15) is 5.56 Å². The first-order chi connectivity index (χ1) is 9.63. The molecule has 112 valence electrons. The van der Waals surface area contributed by atoms with Gasteiger partial charge in [-0.3, -0.25) is 0 Å². The van der Waals surface area contributed by atoms with Crippen molar-refractivity contribution in [1.29, 1.82) is 0 Å². The third kappa shape index (κ3) is 3.54. The van der Waals surface area contributed by atoms with Gasteiger partial charge in [0.1, 0.15) is 24.4 Å². The number of aliphatic hydroxyl groups excluding tert-OH is 4. The Morgan fingerprint density at radius 3 is 2.50 bits per heavy atom. The summed E-state index contributed by atoms with van der Waals surface area (Å²) in [6.07, 6.45) is -5.16. The molecule has 0 amide bonds. The maximum absolute atomic E-state index is 9.78. The van der Waals surface area contributed by atoms with E-state index in [4.69, 9.17) is 14.6 Å². The van der Waals surface area contributed by atoms with Crippen LogP contribution in [0.25, 0.3) is 0 Å². The lowest BCUT2D eigenvalue weighted by atomic mass is 10.1. The molecule has 1 aliphatic rings. The zero-order valence-electron chi connectivity index (χ0n) is 11.0. The van der Waals surface area contributed by atoms with Crippen LogP contribution in [-0.4, -0.2) is 64.3 Å². The number of benzene rings is 1. The smallest absolute Gasteiger partial charge is 0.186 e. The van der Waals surface area contributed by atoms with Gasteiger partial charge in [0.2, 0.25) is 0 Å². The highest BCUT2D eigenvalue weighted by Gasteiger charge is 2.46. The average Bonchev–Trinajstić information content (AvgIpc) is 2.76. The molecule has 1 aromatic rings. The second-order valence-electron chi connectivity index (χ2n) is 4.81. The van der Waals surface area contributed by atoms with Gasteiger partial charge in [-0.15, -0.1) is 0 Å². The molecule has 6 nitrogen and oxygen atoms in total. The Morgan fingerprint density at radius 1 is 1.15 bits per heavy atom. The van der Waals surface area contributed by atoms with Gasteiger partial charge in [-0.1, -0.05) is 30.3 Å². The van der Waals surface area contributed by atoms with E-state index in [1.54, 1.807) is 0 Å². The van der Waals surface area contributed by atoms with Crippen molar-refractivity contribution in [2.45, 2.75) is 37.1 Å². The van der Waals surface area contributed by atoms with Gasteiger partial charge in [-0.2, -0.15) is 0 Å². The van der Waals surface area contributed by atoms with E-state index in [1.165, 1.54) is 0 Å². The summed E-state index contributed by atoms with van der Waals surface area (Å²) in [4.78, 5) is 0. The largest absolute Gasteiger partial charge is 0.394 e. The molecule has 0 spiro atoms. The summed E-state index contributed by atoms with van der Waals surface area (Å²) in [5, 5.41) is 37.8. The molecule has 1 heterocycles. The van der Waals surface area contributed by atoms with Gasteiger partial charge in [-0.05, 0) is 12.0 Å². The second-order valence-corrected chi connectivity index (χ2v) is 4.81. The van der Waals surface area contributed by atoms with Crippen LogP contribution in [0.2, 0.25) is 0 Å². The predicted octanol–water partition coefficient (Wildman–Crippen LogP) is -0.954. The Labute approximate surface area is 117 Å². The lowest BCUT2D eigenvalue weighted by Crippen LogP contribution is -2.40. The highest BCUT2D eigenvalue weighted by atomic mass is 16.7. The first kappa shape index (κ1) is 15.4. The lowest BCUT2D eigenvalue weighted by molar-refractivity contribution is -0.180. The molecule has 1 aliphatic heterocycles. The summed E-state index contributed by atoms with van der Waals surface area (Å²) in [7, 11) is 0. The van der Waals surface area contributed by atoms with Crippen LogP contribution in [0.3, 0.4) is 0 Å². The summed E-state index contributed by atoms with van der Waals surface area (Å²) in [6, 6.07) is 9.69. The molecule has 6 heteroatoms.